The molecule has 2 atom stereocenters. The second-order valence-electron chi connectivity index (χ2n) is 6.03. The van der Waals surface area contributed by atoms with Crippen molar-refractivity contribution in [3.8, 4) is 5.75 Å². The first kappa shape index (κ1) is 16.3. The Kier molecular flexibility index (Phi) is 6.49. The predicted octanol–water partition coefficient (Wildman–Crippen LogP) is 2.30. The molecule has 1 aliphatic rings. The second kappa shape index (κ2) is 8.37. The molecule has 1 N–H and O–H groups in total. The summed E-state index contributed by atoms with van der Waals surface area (Å²) in [6, 6.07) is 7.82. The fourth-order valence-corrected chi connectivity index (χ4v) is 2.88. The number of methoxy groups -OCH3 is 1. The maximum atomic E-state index is 10.1. The van der Waals surface area contributed by atoms with Crippen LogP contribution in [0.25, 0.3) is 0 Å². The first-order valence-corrected chi connectivity index (χ1v) is 7.78. The second-order valence-corrected chi connectivity index (χ2v) is 6.03. The molecule has 0 bridgehead atoms. The lowest BCUT2D eigenvalue weighted by Gasteiger charge is -2.32. The molecule has 1 fully saturated rings. The maximum Gasteiger partial charge on any atom is 0.119 e. The molecule has 0 saturated carbocycles. The van der Waals surface area contributed by atoms with Gasteiger partial charge in [0.2, 0.25) is 0 Å². The highest BCUT2D eigenvalue weighted by Crippen LogP contribution is 2.16. The number of hydrogen-bond donors (Lipinski definition) is 1. The number of benzene rings is 1. The molecule has 0 amide bonds. The molecular formula is C17H27NO3. The fraction of sp³-hybridized carbons (Fsp3) is 0.647. The summed E-state index contributed by atoms with van der Waals surface area (Å²) < 4.78 is 10.8. The summed E-state index contributed by atoms with van der Waals surface area (Å²) >= 11 is 0. The fourth-order valence-electron chi connectivity index (χ4n) is 2.88. The lowest BCUT2D eigenvalue weighted by atomic mass is 10.0. The van der Waals surface area contributed by atoms with Crippen molar-refractivity contribution in [1.29, 1.82) is 0 Å². The number of likely N-dealkylation sites (tertiary alicyclic amines) is 1. The molecule has 0 aromatic heterocycles. The highest BCUT2D eigenvalue weighted by Gasteiger charge is 2.18. The van der Waals surface area contributed by atoms with E-state index in [1.807, 2.05) is 24.3 Å². The number of hydrogen-bond acceptors (Lipinski definition) is 4. The van der Waals surface area contributed by atoms with Crippen molar-refractivity contribution in [3.05, 3.63) is 29.8 Å². The van der Waals surface area contributed by atoms with Crippen LogP contribution in [0, 0.1) is 5.92 Å². The van der Waals surface area contributed by atoms with Gasteiger partial charge in [-0.2, -0.15) is 0 Å². The van der Waals surface area contributed by atoms with Gasteiger partial charge < -0.3 is 19.5 Å². The smallest absolute Gasteiger partial charge is 0.119 e. The average Bonchev–Trinajstić information content (AvgIpc) is 2.47. The van der Waals surface area contributed by atoms with Gasteiger partial charge in [0.05, 0.1) is 26.4 Å². The van der Waals surface area contributed by atoms with Crippen LogP contribution in [0.2, 0.25) is 0 Å². The van der Waals surface area contributed by atoms with Crippen molar-refractivity contribution in [2.75, 3.05) is 33.4 Å². The molecule has 1 aromatic rings. The van der Waals surface area contributed by atoms with Crippen molar-refractivity contribution < 1.29 is 14.6 Å². The van der Waals surface area contributed by atoms with Crippen molar-refractivity contribution in [1.82, 2.24) is 4.90 Å². The normalized spacial score (nSPS) is 21.2. The number of nitrogens with zero attached hydrogens (tertiary/aromatic N) is 1. The van der Waals surface area contributed by atoms with Crippen LogP contribution in [0.15, 0.2) is 24.3 Å². The van der Waals surface area contributed by atoms with Gasteiger partial charge in [-0.1, -0.05) is 19.1 Å². The summed E-state index contributed by atoms with van der Waals surface area (Å²) in [5.41, 5.74) is 1.06. The van der Waals surface area contributed by atoms with Gasteiger partial charge in [0.15, 0.2) is 0 Å². The van der Waals surface area contributed by atoms with Crippen LogP contribution in [-0.4, -0.2) is 49.5 Å². The van der Waals surface area contributed by atoms with E-state index in [-0.39, 0.29) is 0 Å². The van der Waals surface area contributed by atoms with Gasteiger partial charge in [0.1, 0.15) is 5.75 Å². The number of ether oxygens (including phenoxy) is 2. The lowest BCUT2D eigenvalue weighted by molar-refractivity contribution is 0.00374. The Hall–Kier alpha value is -1.10. The molecule has 0 spiro atoms. The topological polar surface area (TPSA) is 41.9 Å². The van der Waals surface area contributed by atoms with Crippen LogP contribution in [0.1, 0.15) is 25.3 Å². The van der Waals surface area contributed by atoms with E-state index >= 15 is 0 Å². The standard InChI is InChI=1S/C17H27NO3/c1-14-5-4-8-18(10-14)11-16(19)13-21-12-15-6-3-7-17(9-15)20-2/h3,6-7,9,14,16,19H,4-5,8,10-13H2,1-2H3. The molecule has 0 radical (unpaired) electrons. The third kappa shape index (κ3) is 5.65. The summed E-state index contributed by atoms with van der Waals surface area (Å²) in [5, 5.41) is 10.1. The molecule has 1 aromatic carbocycles. The summed E-state index contributed by atoms with van der Waals surface area (Å²) in [6.07, 6.45) is 2.12. The van der Waals surface area contributed by atoms with Crippen molar-refractivity contribution >= 4 is 0 Å². The average molecular weight is 293 g/mol. The zero-order valence-corrected chi connectivity index (χ0v) is 13.1. The van der Waals surface area contributed by atoms with Gasteiger partial charge >= 0.3 is 0 Å². The molecule has 2 rings (SSSR count). The van der Waals surface area contributed by atoms with Crippen LogP contribution in [0.3, 0.4) is 0 Å². The van der Waals surface area contributed by atoms with Crippen LogP contribution in [0.4, 0.5) is 0 Å². The minimum absolute atomic E-state index is 0.377. The molecule has 21 heavy (non-hydrogen) atoms. The first-order chi connectivity index (χ1) is 10.2. The minimum Gasteiger partial charge on any atom is -0.497 e. The van der Waals surface area contributed by atoms with E-state index in [9.17, 15) is 5.11 Å². The van der Waals surface area contributed by atoms with Crippen LogP contribution in [-0.2, 0) is 11.3 Å². The van der Waals surface area contributed by atoms with Gasteiger partial charge in [0, 0.05) is 13.1 Å². The molecule has 0 aliphatic carbocycles. The Morgan fingerprint density at radius 1 is 1.43 bits per heavy atom. The van der Waals surface area contributed by atoms with Crippen molar-refractivity contribution in [2.45, 2.75) is 32.5 Å². The van der Waals surface area contributed by atoms with Crippen LogP contribution in [0.5, 0.6) is 5.75 Å². The van der Waals surface area contributed by atoms with E-state index in [1.54, 1.807) is 7.11 Å². The van der Waals surface area contributed by atoms with Crippen molar-refractivity contribution in [2.24, 2.45) is 5.92 Å². The highest BCUT2D eigenvalue weighted by molar-refractivity contribution is 5.27. The Bertz CT molecular complexity index is 424. The summed E-state index contributed by atoms with van der Waals surface area (Å²) in [5.74, 6) is 1.57. The van der Waals surface area contributed by atoms with Gasteiger partial charge in [-0.25, -0.2) is 0 Å². The summed E-state index contributed by atoms with van der Waals surface area (Å²) in [4.78, 5) is 2.34. The zero-order chi connectivity index (χ0) is 15.1. The minimum atomic E-state index is -0.416. The lowest BCUT2D eigenvalue weighted by Crippen LogP contribution is -2.40. The Morgan fingerprint density at radius 3 is 3.05 bits per heavy atom. The molecule has 2 unspecified atom stereocenters. The molecule has 1 saturated heterocycles. The van der Waals surface area contributed by atoms with E-state index in [0.717, 1.165) is 30.3 Å². The molecule has 4 nitrogen and oxygen atoms in total. The predicted molar refractivity (Wildman–Crippen MR) is 83.5 cm³/mol. The number of piperidine rings is 1. The van der Waals surface area contributed by atoms with E-state index in [4.69, 9.17) is 9.47 Å². The highest BCUT2D eigenvalue weighted by atomic mass is 16.5. The third-order valence-corrected chi connectivity index (χ3v) is 3.92. The van der Waals surface area contributed by atoms with E-state index < -0.39 is 6.10 Å². The van der Waals surface area contributed by atoms with Gasteiger partial charge in [-0.05, 0) is 43.0 Å². The molecule has 4 heteroatoms. The maximum absolute atomic E-state index is 10.1. The monoisotopic (exact) mass is 293 g/mol. The summed E-state index contributed by atoms with van der Waals surface area (Å²) in [7, 11) is 1.66. The van der Waals surface area contributed by atoms with Gasteiger partial charge in [-0.3, -0.25) is 0 Å². The molecular weight excluding hydrogens is 266 g/mol. The Balaban J connectivity index is 1.67. The van der Waals surface area contributed by atoms with Crippen LogP contribution >= 0.6 is 0 Å². The van der Waals surface area contributed by atoms with E-state index in [1.165, 1.54) is 12.8 Å². The van der Waals surface area contributed by atoms with Crippen LogP contribution < -0.4 is 4.74 Å². The zero-order valence-electron chi connectivity index (χ0n) is 13.1. The Labute approximate surface area is 127 Å². The molecule has 1 aliphatic heterocycles. The third-order valence-electron chi connectivity index (χ3n) is 3.92. The number of β-amino-alcohol motifs (C(OH)–C–C–N with tert-alkyl or cyclic N) is 1. The quantitative estimate of drug-likeness (QED) is 0.837. The van der Waals surface area contributed by atoms with Crippen molar-refractivity contribution in [3.63, 3.8) is 0 Å². The number of rotatable bonds is 7. The molecule has 1 heterocycles. The number of aliphatic hydroxyl groups excluding tert-OH is 1. The number of aliphatic hydroxyl groups is 1. The largest absolute Gasteiger partial charge is 0.497 e. The summed E-state index contributed by atoms with van der Waals surface area (Å²) in [6.45, 7) is 6.05. The Morgan fingerprint density at radius 2 is 2.29 bits per heavy atom. The van der Waals surface area contributed by atoms with Gasteiger partial charge in [0.25, 0.3) is 0 Å². The van der Waals surface area contributed by atoms with E-state index in [0.29, 0.717) is 19.8 Å². The first-order valence-electron chi connectivity index (χ1n) is 7.78. The van der Waals surface area contributed by atoms with Gasteiger partial charge in [-0.15, -0.1) is 0 Å². The molecule has 118 valence electrons. The SMILES string of the molecule is COc1cccc(COCC(O)CN2CCCC(C)C2)c1. The van der Waals surface area contributed by atoms with E-state index in [2.05, 4.69) is 11.8 Å².